The van der Waals surface area contributed by atoms with Gasteiger partial charge in [0, 0.05) is 24.8 Å². The number of nitrogens with two attached hydrogens (primary N) is 1. The second kappa shape index (κ2) is 5.92. The highest BCUT2D eigenvalue weighted by atomic mass is 35.5. The second-order valence-electron chi connectivity index (χ2n) is 5.75. The highest BCUT2D eigenvalue weighted by Gasteiger charge is 2.23. The largest absolute Gasteiger partial charge is 0.381 e. The number of fused-ring (bicyclic) bond motifs is 1. The van der Waals surface area contributed by atoms with Crippen molar-refractivity contribution in [3.8, 4) is 11.3 Å². The van der Waals surface area contributed by atoms with Crippen molar-refractivity contribution in [1.29, 1.82) is 0 Å². The Hall–Kier alpha value is -2.38. The molecule has 3 N–H and O–H groups in total. The number of aromatic nitrogens is 4. The van der Waals surface area contributed by atoms with Gasteiger partial charge in [0.25, 0.3) is 0 Å². The van der Waals surface area contributed by atoms with E-state index in [0.717, 1.165) is 12.8 Å². The van der Waals surface area contributed by atoms with Crippen LogP contribution in [0.3, 0.4) is 0 Å². The zero-order valence-electron chi connectivity index (χ0n) is 12.8. The summed E-state index contributed by atoms with van der Waals surface area (Å²) in [5, 5.41) is 0.538. The first-order chi connectivity index (χ1) is 11.6. The molecule has 7 nitrogen and oxygen atoms in total. The van der Waals surface area contributed by atoms with E-state index in [4.69, 9.17) is 22.1 Å². The van der Waals surface area contributed by atoms with Crippen molar-refractivity contribution < 1.29 is 4.74 Å². The molecule has 0 bridgehead atoms. The molecule has 1 aliphatic heterocycles. The number of hydrogen-bond donors (Lipinski definition) is 2. The first-order valence-corrected chi connectivity index (χ1v) is 8.13. The smallest absolute Gasteiger partial charge is 0.327 e. The number of ether oxygens (including phenoxy) is 1. The fourth-order valence-electron chi connectivity index (χ4n) is 3.15. The third-order valence-corrected chi connectivity index (χ3v) is 4.60. The molecule has 0 amide bonds. The second-order valence-corrected chi connectivity index (χ2v) is 6.16. The molecule has 24 heavy (non-hydrogen) atoms. The number of halogens is 1. The number of nitrogens with one attached hydrogen (secondary N) is 1. The van der Waals surface area contributed by atoms with Crippen LogP contribution in [0.2, 0.25) is 5.02 Å². The first kappa shape index (κ1) is 15.2. The molecule has 0 spiro atoms. The van der Waals surface area contributed by atoms with E-state index in [1.165, 1.54) is 0 Å². The predicted octanol–water partition coefficient (Wildman–Crippen LogP) is 2.37. The molecule has 0 radical (unpaired) electrons. The number of anilines is 1. The Labute approximate surface area is 142 Å². The van der Waals surface area contributed by atoms with Crippen LogP contribution >= 0.6 is 11.6 Å². The molecular formula is C16H16ClN5O2. The molecule has 0 saturated carbocycles. The quantitative estimate of drug-likeness (QED) is 0.743. The molecule has 0 aliphatic carbocycles. The normalized spacial score (nSPS) is 15.9. The molecule has 1 saturated heterocycles. The minimum absolute atomic E-state index is 0.0356. The number of H-pyrrole nitrogens is 1. The summed E-state index contributed by atoms with van der Waals surface area (Å²) < 4.78 is 7.04. The standard InChI is InChI=1S/C16H16ClN5O2/c17-11-4-2-1-3-10(11)12-13-14(21-15(18)19-12)22(16(23)20-13)9-5-7-24-8-6-9/h1-4,9H,5-8H2,(H,20,23)(H2,18,19,21). The summed E-state index contributed by atoms with van der Waals surface area (Å²) in [6, 6.07) is 7.35. The van der Waals surface area contributed by atoms with Gasteiger partial charge in [-0.15, -0.1) is 0 Å². The molecule has 0 unspecified atom stereocenters. The average Bonchev–Trinajstić information content (AvgIpc) is 2.91. The van der Waals surface area contributed by atoms with Gasteiger partial charge in [0.05, 0.1) is 5.02 Å². The Kier molecular flexibility index (Phi) is 3.74. The van der Waals surface area contributed by atoms with Gasteiger partial charge >= 0.3 is 5.69 Å². The van der Waals surface area contributed by atoms with E-state index in [-0.39, 0.29) is 17.7 Å². The third-order valence-electron chi connectivity index (χ3n) is 4.27. The van der Waals surface area contributed by atoms with Crippen LogP contribution in [0, 0.1) is 0 Å². The average molecular weight is 346 g/mol. The van der Waals surface area contributed by atoms with E-state index in [0.29, 0.717) is 40.7 Å². The molecule has 8 heteroatoms. The topological polar surface area (TPSA) is 98.8 Å². The van der Waals surface area contributed by atoms with Gasteiger partial charge in [-0.25, -0.2) is 9.78 Å². The summed E-state index contributed by atoms with van der Waals surface area (Å²) in [5.74, 6) is 0.109. The van der Waals surface area contributed by atoms with E-state index in [9.17, 15) is 4.79 Å². The van der Waals surface area contributed by atoms with Gasteiger partial charge in [-0.05, 0) is 18.9 Å². The zero-order chi connectivity index (χ0) is 16.7. The van der Waals surface area contributed by atoms with Crippen molar-refractivity contribution in [3.05, 3.63) is 39.8 Å². The molecule has 3 aromatic rings. The SMILES string of the molecule is Nc1nc(-c2ccccc2Cl)c2[nH]c(=O)n(C3CCOCC3)c2n1. The molecule has 1 fully saturated rings. The molecule has 4 rings (SSSR count). The van der Waals surface area contributed by atoms with Gasteiger partial charge in [0.1, 0.15) is 11.2 Å². The summed E-state index contributed by atoms with van der Waals surface area (Å²) in [6.07, 6.45) is 1.52. The lowest BCUT2D eigenvalue weighted by atomic mass is 10.1. The Morgan fingerprint density at radius 3 is 2.75 bits per heavy atom. The van der Waals surface area contributed by atoms with Crippen LogP contribution in [0.4, 0.5) is 5.95 Å². The Morgan fingerprint density at radius 1 is 1.25 bits per heavy atom. The first-order valence-electron chi connectivity index (χ1n) is 7.75. The van der Waals surface area contributed by atoms with Crippen molar-refractivity contribution in [1.82, 2.24) is 19.5 Å². The van der Waals surface area contributed by atoms with E-state index in [1.54, 1.807) is 10.6 Å². The molecule has 124 valence electrons. The lowest BCUT2D eigenvalue weighted by Gasteiger charge is -2.22. The van der Waals surface area contributed by atoms with Gasteiger partial charge < -0.3 is 15.5 Å². The van der Waals surface area contributed by atoms with Gasteiger partial charge in [-0.2, -0.15) is 4.98 Å². The molecule has 2 aromatic heterocycles. The molecule has 3 heterocycles. The molecular weight excluding hydrogens is 330 g/mol. The van der Waals surface area contributed by atoms with Gasteiger partial charge in [-0.3, -0.25) is 4.57 Å². The molecule has 1 aromatic carbocycles. The third kappa shape index (κ3) is 2.46. The lowest BCUT2D eigenvalue weighted by molar-refractivity contribution is 0.0697. The molecule has 0 atom stereocenters. The van der Waals surface area contributed by atoms with Crippen molar-refractivity contribution in [2.24, 2.45) is 0 Å². The highest BCUT2D eigenvalue weighted by molar-refractivity contribution is 6.33. The summed E-state index contributed by atoms with van der Waals surface area (Å²) in [6.45, 7) is 1.25. The Morgan fingerprint density at radius 2 is 2.00 bits per heavy atom. The summed E-state index contributed by atoms with van der Waals surface area (Å²) in [7, 11) is 0. The van der Waals surface area contributed by atoms with E-state index >= 15 is 0 Å². The number of imidazole rings is 1. The Bertz CT molecular complexity index is 959. The van der Waals surface area contributed by atoms with Crippen LogP contribution in [-0.4, -0.2) is 32.7 Å². The predicted molar refractivity (Wildman–Crippen MR) is 92.1 cm³/mol. The van der Waals surface area contributed by atoms with E-state index in [2.05, 4.69) is 15.0 Å². The number of hydrogen-bond acceptors (Lipinski definition) is 5. The number of nitrogens with zero attached hydrogens (tertiary/aromatic N) is 3. The van der Waals surface area contributed by atoms with E-state index < -0.39 is 0 Å². The van der Waals surface area contributed by atoms with Crippen molar-refractivity contribution in [3.63, 3.8) is 0 Å². The number of rotatable bonds is 2. The van der Waals surface area contributed by atoms with Gasteiger partial charge in [-0.1, -0.05) is 29.8 Å². The number of aromatic amines is 1. The maximum atomic E-state index is 12.5. The fourth-order valence-corrected chi connectivity index (χ4v) is 3.37. The van der Waals surface area contributed by atoms with Crippen LogP contribution < -0.4 is 11.4 Å². The summed E-state index contributed by atoms with van der Waals surface area (Å²) >= 11 is 6.29. The van der Waals surface area contributed by atoms with Crippen molar-refractivity contribution >= 4 is 28.7 Å². The van der Waals surface area contributed by atoms with E-state index in [1.807, 2.05) is 18.2 Å². The fraction of sp³-hybridized carbons (Fsp3) is 0.312. The zero-order valence-corrected chi connectivity index (χ0v) is 13.6. The highest BCUT2D eigenvalue weighted by Crippen LogP contribution is 2.32. The number of nitrogen functional groups attached to an aromatic ring is 1. The maximum Gasteiger partial charge on any atom is 0.327 e. The van der Waals surface area contributed by atoms with Crippen LogP contribution in [0.25, 0.3) is 22.4 Å². The summed E-state index contributed by atoms with van der Waals surface area (Å²) in [4.78, 5) is 24.0. The lowest BCUT2D eigenvalue weighted by Crippen LogP contribution is -2.27. The minimum Gasteiger partial charge on any atom is -0.381 e. The van der Waals surface area contributed by atoms with Crippen LogP contribution in [0.15, 0.2) is 29.1 Å². The van der Waals surface area contributed by atoms with Crippen molar-refractivity contribution in [2.45, 2.75) is 18.9 Å². The van der Waals surface area contributed by atoms with Crippen LogP contribution in [-0.2, 0) is 4.74 Å². The van der Waals surface area contributed by atoms with Gasteiger partial charge in [0.15, 0.2) is 5.65 Å². The molecule has 1 aliphatic rings. The van der Waals surface area contributed by atoms with Crippen LogP contribution in [0.5, 0.6) is 0 Å². The van der Waals surface area contributed by atoms with Crippen LogP contribution in [0.1, 0.15) is 18.9 Å². The van der Waals surface area contributed by atoms with Crippen molar-refractivity contribution in [2.75, 3.05) is 18.9 Å². The van der Waals surface area contributed by atoms with Gasteiger partial charge in [0.2, 0.25) is 5.95 Å². The number of benzene rings is 1. The maximum absolute atomic E-state index is 12.5. The minimum atomic E-state index is -0.217. The summed E-state index contributed by atoms with van der Waals surface area (Å²) in [5.41, 5.74) is 7.98. The Balaban J connectivity index is 1.97. The monoisotopic (exact) mass is 345 g/mol.